The number of ether oxygens (including phenoxy) is 2. The Balaban J connectivity index is 3.52. The first-order chi connectivity index (χ1) is 9.34. The smallest absolute Gasteiger partial charge is 0.338 e. The number of methoxy groups -OCH3 is 1. The molecule has 1 aromatic rings. The average Bonchev–Trinajstić information content (AvgIpc) is 2.42. The van der Waals surface area contributed by atoms with Crippen molar-refractivity contribution in [3.63, 3.8) is 0 Å². The summed E-state index contributed by atoms with van der Waals surface area (Å²) in [6.07, 6.45) is 0.0818. The lowest BCUT2D eigenvalue weighted by Crippen LogP contribution is -2.17. The van der Waals surface area contributed by atoms with Gasteiger partial charge in [-0.1, -0.05) is 0 Å². The number of rotatable bonds is 4. The monoisotopic (exact) mass is 278 g/mol. The molecule has 0 atom stereocenters. The van der Waals surface area contributed by atoms with E-state index in [0.29, 0.717) is 17.7 Å². The molecule has 0 spiro atoms. The van der Waals surface area contributed by atoms with Gasteiger partial charge in [0, 0.05) is 0 Å². The number of carbonyl (C=O) groups excluding carboxylic acids is 2. The summed E-state index contributed by atoms with van der Waals surface area (Å²) in [4.78, 5) is 23.8. The highest BCUT2D eigenvalue weighted by Crippen LogP contribution is 2.28. The zero-order chi connectivity index (χ0) is 15.4. The quantitative estimate of drug-likeness (QED) is 0.795. The standard InChI is InChI=1S/C16H22O4/c1-7-20-16(18)15-12(5)10(3)9(2)11(4)13(15)8-14(17)19-6/h7-8H2,1-6H3. The molecule has 0 aromatic heterocycles. The van der Waals surface area contributed by atoms with Crippen molar-refractivity contribution >= 4 is 11.9 Å². The van der Waals surface area contributed by atoms with Crippen molar-refractivity contribution in [2.75, 3.05) is 13.7 Å². The molecule has 1 aromatic carbocycles. The molecular weight excluding hydrogens is 256 g/mol. The molecule has 0 heterocycles. The SMILES string of the molecule is CCOC(=O)c1c(C)c(C)c(C)c(C)c1CC(=O)OC. The molecule has 0 aliphatic rings. The summed E-state index contributed by atoms with van der Waals surface area (Å²) in [7, 11) is 1.34. The van der Waals surface area contributed by atoms with Crippen molar-refractivity contribution in [1.82, 2.24) is 0 Å². The molecule has 0 aliphatic heterocycles. The van der Waals surface area contributed by atoms with Crippen LogP contribution in [0.3, 0.4) is 0 Å². The van der Waals surface area contributed by atoms with Gasteiger partial charge in [0.05, 0.1) is 25.7 Å². The first-order valence-corrected chi connectivity index (χ1v) is 6.68. The van der Waals surface area contributed by atoms with Crippen molar-refractivity contribution in [1.29, 1.82) is 0 Å². The zero-order valence-electron chi connectivity index (χ0n) is 13.0. The van der Waals surface area contributed by atoms with Gasteiger partial charge in [-0.3, -0.25) is 4.79 Å². The predicted molar refractivity (Wildman–Crippen MR) is 77.1 cm³/mol. The summed E-state index contributed by atoms with van der Waals surface area (Å²) in [6, 6.07) is 0. The number of carbonyl (C=O) groups is 2. The molecular formula is C16H22O4. The Bertz CT molecular complexity index is 544. The van der Waals surface area contributed by atoms with Gasteiger partial charge in [0.15, 0.2) is 0 Å². The highest BCUT2D eigenvalue weighted by atomic mass is 16.5. The Kier molecular flexibility index (Phi) is 5.31. The molecule has 0 saturated heterocycles. The number of hydrogen-bond donors (Lipinski definition) is 0. The van der Waals surface area contributed by atoms with E-state index in [-0.39, 0.29) is 18.4 Å². The summed E-state index contributed by atoms with van der Waals surface area (Å²) in [5, 5.41) is 0. The predicted octanol–water partition coefficient (Wildman–Crippen LogP) is 2.81. The van der Waals surface area contributed by atoms with Gasteiger partial charge in [0.25, 0.3) is 0 Å². The van der Waals surface area contributed by atoms with Gasteiger partial charge in [0.2, 0.25) is 0 Å². The van der Waals surface area contributed by atoms with Gasteiger partial charge in [-0.05, 0) is 62.4 Å². The number of hydrogen-bond acceptors (Lipinski definition) is 4. The fraction of sp³-hybridized carbons (Fsp3) is 0.500. The van der Waals surface area contributed by atoms with Crippen LogP contribution in [0.4, 0.5) is 0 Å². The highest BCUT2D eigenvalue weighted by molar-refractivity contribution is 5.95. The van der Waals surface area contributed by atoms with Crippen molar-refractivity contribution in [3.05, 3.63) is 33.4 Å². The van der Waals surface area contributed by atoms with E-state index in [1.165, 1.54) is 7.11 Å². The van der Waals surface area contributed by atoms with Crippen molar-refractivity contribution in [2.45, 2.75) is 41.0 Å². The molecule has 0 saturated carbocycles. The fourth-order valence-electron chi connectivity index (χ4n) is 2.31. The van der Waals surface area contributed by atoms with E-state index in [1.807, 2.05) is 27.7 Å². The van der Waals surface area contributed by atoms with Crippen LogP contribution in [0.5, 0.6) is 0 Å². The molecule has 0 unspecified atom stereocenters. The first-order valence-electron chi connectivity index (χ1n) is 6.68. The fourth-order valence-corrected chi connectivity index (χ4v) is 2.31. The number of benzene rings is 1. The van der Waals surface area contributed by atoms with Gasteiger partial charge in [-0.2, -0.15) is 0 Å². The second kappa shape index (κ2) is 6.55. The van der Waals surface area contributed by atoms with Gasteiger partial charge in [-0.25, -0.2) is 4.79 Å². The third-order valence-corrected chi connectivity index (χ3v) is 3.85. The largest absolute Gasteiger partial charge is 0.469 e. The lowest BCUT2D eigenvalue weighted by Gasteiger charge is -2.19. The molecule has 1 rings (SSSR count). The van der Waals surface area contributed by atoms with Gasteiger partial charge in [0.1, 0.15) is 0 Å². The second-order valence-corrected chi connectivity index (χ2v) is 4.83. The van der Waals surface area contributed by atoms with Crippen molar-refractivity contribution < 1.29 is 19.1 Å². The molecule has 0 bridgehead atoms. The maximum absolute atomic E-state index is 12.2. The zero-order valence-corrected chi connectivity index (χ0v) is 13.0. The van der Waals surface area contributed by atoms with E-state index < -0.39 is 0 Å². The minimum Gasteiger partial charge on any atom is -0.469 e. The van der Waals surface area contributed by atoms with Crippen LogP contribution < -0.4 is 0 Å². The van der Waals surface area contributed by atoms with Crippen LogP contribution in [0, 0.1) is 27.7 Å². The van der Waals surface area contributed by atoms with Crippen molar-refractivity contribution in [3.8, 4) is 0 Å². The molecule has 0 N–H and O–H groups in total. The molecule has 0 radical (unpaired) electrons. The van der Waals surface area contributed by atoms with Crippen LogP contribution in [0.2, 0.25) is 0 Å². The van der Waals surface area contributed by atoms with Crippen molar-refractivity contribution in [2.24, 2.45) is 0 Å². The van der Waals surface area contributed by atoms with Gasteiger partial charge >= 0.3 is 11.9 Å². The molecule has 20 heavy (non-hydrogen) atoms. The van der Waals surface area contributed by atoms with Crippen LogP contribution in [-0.2, 0) is 20.7 Å². The maximum Gasteiger partial charge on any atom is 0.338 e. The van der Waals surface area contributed by atoms with E-state index in [4.69, 9.17) is 9.47 Å². The van der Waals surface area contributed by atoms with Crippen LogP contribution >= 0.6 is 0 Å². The van der Waals surface area contributed by atoms with Crippen LogP contribution in [0.25, 0.3) is 0 Å². The van der Waals surface area contributed by atoms with E-state index in [0.717, 1.165) is 22.3 Å². The molecule has 0 fully saturated rings. The highest BCUT2D eigenvalue weighted by Gasteiger charge is 2.23. The first kappa shape index (κ1) is 16.2. The summed E-state index contributed by atoms with van der Waals surface area (Å²) in [5.74, 6) is -0.739. The molecule has 4 heteroatoms. The molecule has 110 valence electrons. The summed E-state index contributed by atoms with van der Waals surface area (Å²) >= 11 is 0. The molecule has 0 amide bonds. The third kappa shape index (κ3) is 3.00. The lowest BCUT2D eigenvalue weighted by atomic mass is 9.87. The molecule has 4 nitrogen and oxygen atoms in total. The Labute approximate surface area is 120 Å². The minimum atomic E-state index is -0.380. The topological polar surface area (TPSA) is 52.6 Å². The van der Waals surface area contributed by atoms with Crippen LogP contribution in [-0.4, -0.2) is 25.7 Å². The van der Waals surface area contributed by atoms with E-state index in [2.05, 4.69) is 0 Å². The van der Waals surface area contributed by atoms with Crippen LogP contribution in [0.15, 0.2) is 0 Å². The van der Waals surface area contributed by atoms with Gasteiger partial charge in [-0.15, -0.1) is 0 Å². The Morgan fingerprint density at radius 1 is 0.950 bits per heavy atom. The lowest BCUT2D eigenvalue weighted by molar-refractivity contribution is -0.139. The summed E-state index contributed by atoms with van der Waals surface area (Å²) < 4.78 is 9.85. The Morgan fingerprint density at radius 2 is 1.50 bits per heavy atom. The van der Waals surface area contributed by atoms with Gasteiger partial charge < -0.3 is 9.47 Å². The second-order valence-electron chi connectivity index (χ2n) is 4.83. The number of esters is 2. The summed E-state index contributed by atoms with van der Waals surface area (Å²) in [5.41, 5.74) is 5.16. The Hall–Kier alpha value is -1.84. The molecule has 0 aliphatic carbocycles. The minimum absolute atomic E-state index is 0.0818. The average molecular weight is 278 g/mol. The normalized spacial score (nSPS) is 10.3. The third-order valence-electron chi connectivity index (χ3n) is 3.85. The Morgan fingerprint density at radius 3 is 2.00 bits per heavy atom. The van der Waals surface area contributed by atoms with Crippen LogP contribution in [0.1, 0.15) is 45.1 Å². The van der Waals surface area contributed by atoms with E-state index in [9.17, 15) is 9.59 Å². The summed E-state index contributed by atoms with van der Waals surface area (Å²) in [6.45, 7) is 9.84. The van der Waals surface area contributed by atoms with E-state index in [1.54, 1.807) is 6.92 Å². The van der Waals surface area contributed by atoms with E-state index >= 15 is 0 Å². The maximum atomic E-state index is 12.2.